The number of hydrogen-bond acceptors (Lipinski definition) is 3. The molecule has 6 nitrogen and oxygen atoms in total. The number of hydrogen-bond donors (Lipinski definition) is 1. The summed E-state index contributed by atoms with van der Waals surface area (Å²) in [6, 6.07) is 5.62. The fourth-order valence-corrected chi connectivity index (χ4v) is 5.46. The number of sulfonamides is 1. The van der Waals surface area contributed by atoms with Gasteiger partial charge in [-0.3, -0.25) is 9.52 Å². The lowest BCUT2D eigenvalue weighted by atomic mass is 10.1. The number of nitrogens with zero attached hydrogens (tertiary/aromatic N) is 2. The van der Waals surface area contributed by atoms with Crippen LogP contribution in [0.2, 0.25) is 0 Å². The van der Waals surface area contributed by atoms with Crippen molar-refractivity contribution in [1.29, 1.82) is 0 Å². The lowest BCUT2D eigenvalue weighted by molar-refractivity contribution is 0.0788. The van der Waals surface area contributed by atoms with Crippen molar-refractivity contribution in [2.75, 3.05) is 17.8 Å². The quantitative estimate of drug-likeness (QED) is 0.872. The number of carbonyl (C=O) groups excluding carboxylic acids is 1. The second-order valence-corrected chi connectivity index (χ2v) is 8.92. The van der Waals surface area contributed by atoms with Crippen LogP contribution in [-0.2, 0) is 17.1 Å². The molecule has 2 heterocycles. The van der Waals surface area contributed by atoms with Gasteiger partial charge in [-0.2, -0.15) is 0 Å². The highest BCUT2D eigenvalue weighted by atomic mass is 32.2. The Morgan fingerprint density at radius 2 is 1.56 bits per heavy atom. The molecule has 1 aromatic carbocycles. The Hall–Kier alpha value is -2.28. The van der Waals surface area contributed by atoms with Crippen molar-refractivity contribution < 1.29 is 13.2 Å². The molecule has 1 saturated heterocycles. The maximum absolute atomic E-state index is 13.3. The summed E-state index contributed by atoms with van der Waals surface area (Å²) in [6.07, 6.45) is 1.92. The Bertz CT molecular complexity index is 980. The maximum Gasteiger partial charge on any atom is 0.264 e. The molecule has 1 aromatic heterocycles. The highest BCUT2D eigenvalue weighted by molar-refractivity contribution is 7.92. The molecule has 0 atom stereocenters. The molecule has 3 rings (SSSR count). The smallest absolute Gasteiger partial charge is 0.264 e. The SMILES string of the molecule is Cc1cccc(C)c1NS(=O)(=O)c1c(C(=O)N2CCCC2)c(C)n(C)c1C. The number of amides is 1. The molecule has 0 radical (unpaired) electrons. The predicted molar refractivity (Wildman–Crippen MR) is 107 cm³/mol. The summed E-state index contributed by atoms with van der Waals surface area (Å²) in [5.41, 5.74) is 3.78. The average molecular weight is 390 g/mol. The van der Waals surface area contributed by atoms with Crippen molar-refractivity contribution in [1.82, 2.24) is 9.47 Å². The van der Waals surface area contributed by atoms with Crippen LogP contribution in [0.25, 0.3) is 0 Å². The van der Waals surface area contributed by atoms with Gasteiger partial charge in [0, 0.05) is 31.5 Å². The molecule has 1 aliphatic rings. The molecule has 27 heavy (non-hydrogen) atoms. The number of likely N-dealkylation sites (tertiary alicyclic amines) is 1. The third-order valence-electron chi connectivity index (χ3n) is 5.52. The molecule has 0 spiro atoms. The summed E-state index contributed by atoms with van der Waals surface area (Å²) in [5, 5.41) is 0. The number of carbonyl (C=O) groups is 1. The summed E-state index contributed by atoms with van der Waals surface area (Å²) in [4.78, 5) is 14.9. The Morgan fingerprint density at radius 3 is 2.11 bits per heavy atom. The maximum atomic E-state index is 13.3. The molecular formula is C20H27N3O3S. The van der Waals surface area contributed by atoms with Gasteiger partial charge in [-0.05, 0) is 51.7 Å². The van der Waals surface area contributed by atoms with Gasteiger partial charge in [0.1, 0.15) is 4.90 Å². The molecule has 1 fully saturated rings. The largest absolute Gasteiger partial charge is 0.350 e. The molecule has 7 heteroatoms. The standard InChI is InChI=1S/C20H27N3O3S/c1-13-9-8-10-14(2)18(13)21-27(25,26)19-16(4)22(5)15(3)17(19)20(24)23-11-6-7-12-23/h8-10,21H,6-7,11-12H2,1-5H3. The monoisotopic (exact) mass is 389 g/mol. The number of aryl methyl sites for hydroxylation is 2. The molecule has 0 unspecified atom stereocenters. The lowest BCUT2D eigenvalue weighted by Gasteiger charge is -2.18. The first-order chi connectivity index (χ1) is 12.6. The van der Waals surface area contributed by atoms with E-state index in [-0.39, 0.29) is 16.4 Å². The van der Waals surface area contributed by atoms with E-state index < -0.39 is 10.0 Å². The van der Waals surface area contributed by atoms with E-state index in [2.05, 4.69) is 4.72 Å². The van der Waals surface area contributed by atoms with Crippen LogP contribution in [0.15, 0.2) is 23.1 Å². The van der Waals surface area contributed by atoms with Crippen molar-refractivity contribution in [3.05, 3.63) is 46.3 Å². The zero-order valence-electron chi connectivity index (χ0n) is 16.6. The van der Waals surface area contributed by atoms with Crippen LogP contribution >= 0.6 is 0 Å². The van der Waals surface area contributed by atoms with Crippen molar-refractivity contribution in [3.63, 3.8) is 0 Å². The minimum atomic E-state index is -3.91. The van der Waals surface area contributed by atoms with Crippen LogP contribution in [0.3, 0.4) is 0 Å². The van der Waals surface area contributed by atoms with Crippen molar-refractivity contribution in [2.45, 2.75) is 45.4 Å². The van der Waals surface area contributed by atoms with Gasteiger partial charge in [-0.25, -0.2) is 8.42 Å². The predicted octanol–water partition coefficient (Wildman–Crippen LogP) is 3.30. The van der Waals surface area contributed by atoms with E-state index in [9.17, 15) is 13.2 Å². The molecule has 1 amide bonds. The fourth-order valence-electron chi connectivity index (χ4n) is 3.74. The van der Waals surface area contributed by atoms with Crippen LogP contribution in [0.5, 0.6) is 0 Å². The molecule has 1 aliphatic heterocycles. The second-order valence-electron chi connectivity index (χ2n) is 7.31. The number of nitrogens with one attached hydrogen (secondary N) is 1. The van der Waals surface area contributed by atoms with E-state index in [1.807, 2.05) is 32.0 Å². The van der Waals surface area contributed by atoms with Crippen molar-refractivity contribution in [3.8, 4) is 0 Å². The van der Waals surface area contributed by atoms with Crippen LogP contribution in [0.1, 0.15) is 45.7 Å². The second kappa shape index (κ2) is 7.03. The molecule has 0 saturated carbocycles. The molecular weight excluding hydrogens is 362 g/mol. The third kappa shape index (κ3) is 3.36. The summed E-state index contributed by atoms with van der Waals surface area (Å²) >= 11 is 0. The first-order valence-electron chi connectivity index (χ1n) is 9.19. The van der Waals surface area contributed by atoms with Gasteiger partial charge >= 0.3 is 0 Å². The molecule has 2 aromatic rings. The van der Waals surface area contributed by atoms with Crippen LogP contribution in [0, 0.1) is 27.7 Å². The number of para-hydroxylation sites is 1. The number of aromatic nitrogens is 1. The van der Waals surface area contributed by atoms with E-state index in [1.54, 1.807) is 30.4 Å². The molecule has 0 bridgehead atoms. The summed E-state index contributed by atoms with van der Waals surface area (Å²) in [5.74, 6) is -0.199. The Morgan fingerprint density at radius 1 is 1.00 bits per heavy atom. The lowest BCUT2D eigenvalue weighted by Crippen LogP contribution is -2.30. The zero-order chi connectivity index (χ0) is 19.9. The van der Waals surface area contributed by atoms with E-state index in [4.69, 9.17) is 0 Å². The number of benzene rings is 1. The van der Waals surface area contributed by atoms with Crippen LogP contribution in [0.4, 0.5) is 5.69 Å². The van der Waals surface area contributed by atoms with Crippen molar-refractivity contribution in [2.24, 2.45) is 7.05 Å². The Balaban J connectivity index is 2.12. The third-order valence-corrected chi connectivity index (χ3v) is 7.03. The Kier molecular flexibility index (Phi) is 5.08. The first kappa shape index (κ1) is 19.5. The van der Waals surface area contributed by atoms with Crippen molar-refractivity contribution >= 4 is 21.6 Å². The molecule has 0 aliphatic carbocycles. The van der Waals surface area contributed by atoms with Crippen LogP contribution < -0.4 is 4.72 Å². The van der Waals surface area contributed by atoms with Gasteiger partial charge in [0.25, 0.3) is 15.9 Å². The van der Waals surface area contributed by atoms with Gasteiger partial charge in [0.2, 0.25) is 0 Å². The van der Waals surface area contributed by atoms with Gasteiger partial charge in [0.15, 0.2) is 0 Å². The van der Waals surface area contributed by atoms with Gasteiger partial charge in [0.05, 0.1) is 11.3 Å². The molecule has 1 N–H and O–H groups in total. The Labute approximate surface area is 161 Å². The fraction of sp³-hybridized carbons (Fsp3) is 0.450. The van der Waals surface area contributed by atoms with E-state index in [1.165, 1.54) is 0 Å². The van der Waals surface area contributed by atoms with Gasteiger partial charge in [-0.15, -0.1) is 0 Å². The summed E-state index contributed by atoms with van der Waals surface area (Å²) < 4.78 is 31.2. The summed E-state index contributed by atoms with van der Waals surface area (Å²) in [7, 11) is -2.12. The van der Waals surface area contributed by atoms with E-state index in [0.717, 1.165) is 24.0 Å². The van der Waals surface area contributed by atoms with Crippen LogP contribution in [-0.4, -0.2) is 36.9 Å². The highest BCUT2D eigenvalue weighted by Gasteiger charge is 2.34. The minimum Gasteiger partial charge on any atom is -0.350 e. The molecule has 146 valence electrons. The van der Waals surface area contributed by atoms with E-state index >= 15 is 0 Å². The normalized spacial score (nSPS) is 14.6. The minimum absolute atomic E-state index is 0.0852. The topological polar surface area (TPSA) is 71.4 Å². The number of anilines is 1. The average Bonchev–Trinajstić information content (AvgIpc) is 3.21. The summed E-state index contributed by atoms with van der Waals surface area (Å²) in [6.45, 7) is 8.63. The zero-order valence-corrected chi connectivity index (χ0v) is 17.4. The van der Waals surface area contributed by atoms with Gasteiger partial charge in [-0.1, -0.05) is 18.2 Å². The van der Waals surface area contributed by atoms with Gasteiger partial charge < -0.3 is 9.47 Å². The highest BCUT2D eigenvalue weighted by Crippen LogP contribution is 2.31. The first-order valence-corrected chi connectivity index (χ1v) is 10.7. The number of rotatable bonds is 4. The van der Waals surface area contributed by atoms with E-state index in [0.29, 0.717) is 30.2 Å².